The molecule has 104 valence electrons. The fourth-order valence-electron chi connectivity index (χ4n) is 2.77. The lowest BCUT2D eigenvalue weighted by atomic mass is 10.00. The molecule has 0 bridgehead atoms. The van der Waals surface area contributed by atoms with Crippen molar-refractivity contribution in [2.24, 2.45) is 0 Å². The zero-order valence-corrected chi connectivity index (χ0v) is 13.7. The Morgan fingerprint density at radius 2 is 1.90 bits per heavy atom. The van der Waals surface area contributed by atoms with Crippen LogP contribution >= 0.6 is 27.5 Å². The number of hydrogen-bond acceptors (Lipinski definition) is 1. The molecule has 1 nitrogen and oxygen atoms in total. The molecular weight excluding hydrogens is 336 g/mol. The van der Waals surface area contributed by atoms with Gasteiger partial charge in [-0.15, -0.1) is 11.6 Å². The fourth-order valence-corrected chi connectivity index (χ4v) is 3.81. The molecule has 0 aromatic heterocycles. The summed E-state index contributed by atoms with van der Waals surface area (Å²) in [6.07, 6.45) is 3.64. The maximum atomic E-state index is 6.66. The van der Waals surface area contributed by atoms with E-state index in [4.69, 9.17) is 16.3 Å². The van der Waals surface area contributed by atoms with Gasteiger partial charge in [-0.3, -0.25) is 0 Å². The third-order valence-electron chi connectivity index (χ3n) is 3.90. The minimum Gasteiger partial charge on any atom is -0.497 e. The quantitative estimate of drug-likeness (QED) is 0.684. The molecule has 20 heavy (non-hydrogen) atoms. The lowest BCUT2D eigenvalue weighted by molar-refractivity contribution is 0.414. The minimum absolute atomic E-state index is 0.138. The number of alkyl halides is 1. The molecule has 0 fully saturated rings. The van der Waals surface area contributed by atoms with Gasteiger partial charge in [0.1, 0.15) is 5.75 Å². The molecule has 0 saturated carbocycles. The van der Waals surface area contributed by atoms with Gasteiger partial charge in [0.15, 0.2) is 0 Å². The van der Waals surface area contributed by atoms with E-state index in [2.05, 4.69) is 34.1 Å². The van der Waals surface area contributed by atoms with Gasteiger partial charge in [0, 0.05) is 4.47 Å². The van der Waals surface area contributed by atoms with Crippen molar-refractivity contribution in [3.05, 3.63) is 63.1 Å². The molecule has 0 N–H and O–H groups in total. The molecule has 3 heteroatoms. The Kier molecular flexibility index (Phi) is 4.04. The van der Waals surface area contributed by atoms with Crippen LogP contribution in [0.1, 0.15) is 34.1 Å². The lowest BCUT2D eigenvalue weighted by Crippen LogP contribution is -1.97. The second-order valence-electron chi connectivity index (χ2n) is 5.13. The smallest absolute Gasteiger partial charge is 0.120 e. The average molecular weight is 352 g/mol. The van der Waals surface area contributed by atoms with Crippen molar-refractivity contribution in [3.63, 3.8) is 0 Å². The Labute approximate surface area is 133 Å². The second kappa shape index (κ2) is 5.79. The van der Waals surface area contributed by atoms with Crippen LogP contribution in [-0.2, 0) is 12.8 Å². The van der Waals surface area contributed by atoms with Crippen LogP contribution in [0.2, 0.25) is 0 Å². The molecule has 1 atom stereocenters. The Morgan fingerprint density at radius 3 is 2.65 bits per heavy atom. The standard InChI is InChI=1S/C17H16BrClO/c1-20-14-7-8-15(16(18)10-14)17(19)13-6-5-11-3-2-4-12(11)9-13/h5-10,17H,2-4H2,1H3. The summed E-state index contributed by atoms with van der Waals surface area (Å²) in [5.74, 6) is 0.832. The van der Waals surface area contributed by atoms with E-state index in [1.54, 1.807) is 7.11 Å². The molecule has 2 aromatic rings. The maximum absolute atomic E-state index is 6.66. The Balaban J connectivity index is 1.94. The number of hydrogen-bond donors (Lipinski definition) is 0. The van der Waals surface area contributed by atoms with Gasteiger partial charge in [0.05, 0.1) is 12.5 Å². The van der Waals surface area contributed by atoms with E-state index in [1.807, 2.05) is 18.2 Å². The summed E-state index contributed by atoms with van der Waals surface area (Å²) in [6, 6.07) is 12.6. The zero-order valence-electron chi connectivity index (χ0n) is 11.3. The van der Waals surface area contributed by atoms with Crippen LogP contribution in [0.3, 0.4) is 0 Å². The van der Waals surface area contributed by atoms with Crippen molar-refractivity contribution in [2.75, 3.05) is 7.11 Å². The first kappa shape index (κ1) is 14.0. The summed E-state index contributed by atoms with van der Waals surface area (Å²) < 4.78 is 6.21. The molecule has 0 spiro atoms. The van der Waals surface area contributed by atoms with Crippen molar-refractivity contribution in [1.29, 1.82) is 0 Å². The number of ether oxygens (including phenoxy) is 1. The SMILES string of the molecule is COc1ccc(C(Cl)c2ccc3c(c2)CCC3)c(Br)c1. The van der Waals surface area contributed by atoms with Crippen molar-refractivity contribution in [3.8, 4) is 5.75 Å². The second-order valence-corrected chi connectivity index (χ2v) is 6.42. The minimum atomic E-state index is -0.138. The van der Waals surface area contributed by atoms with Crippen molar-refractivity contribution in [1.82, 2.24) is 0 Å². The van der Waals surface area contributed by atoms with Gasteiger partial charge in [-0.05, 0) is 53.6 Å². The Morgan fingerprint density at radius 1 is 1.10 bits per heavy atom. The third-order valence-corrected chi connectivity index (χ3v) is 5.07. The summed E-state index contributed by atoms with van der Waals surface area (Å²) in [7, 11) is 1.67. The monoisotopic (exact) mass is 350 g/mol. The van der Waals surface area contributed by atoms with E-state index in [1.165, 1.54) is 30.4 Å². The number of methoxy groups -OCH3 is 1. The highest BCUT2D eigenvalue weighted by Gasteiger charge is 2.18. The molecule has 2 aromatic carbocycles. The molecule has 1 aliphatic rings. The van der Waals surface area contributed by atoms with Gasteiger partial charge in [-0.1, -0.05) is 40.2 Å². The predicted octanol–water partition coefficient (Wildman–Crippen LogP) is 5.27. The largest absolute Gasteiger partial charge is 0.497 e. The zero-order chi connectivity index (χ0) is 14.1. The van der Waals surface area contributed by atoms with Crippen LogP contribution in [-0.4, -0.2) is 7.11 Å². The number of benzene rings is 2. The molecular formula is C17H16BrClO. The van der Waals surface area contributed by atoms with Crippen LogP contribution in [0.4, 0.5) is 0 Å². The molecule has 0 aliphatic heterocycles. The van der Waals surface area contributed by atoms with Crippen molar-refractivity contribution >= 4 is 27.5 Å². The molecule has 0 heterocycles. The number of rotatable bonds is 3. The molecule has 1 aliphatic carbocycles. The summed E-state index contributed by atoms with van der Waals surface area (Å²) in [5.41, 5.74) is 5.17. The Bertz CT molecular complexity index is 639. The molecule has 0 radical (unpaired) electrons. The molecule has 1 unspecified atom stereocenters. The predicted molar refractivity (Wildman–Crippen MR) is 86.9 cm³/mol. The van der Waals surface area contributed by atoms with Crippen LogP contribution in [0.5, 0.6) is 5.75 Å². The van der Waals surface area contributed by atoms with Crippen LogP contribution in [0, 0.1) is 0 Å². The topological polar surface area (TPSA) is 9.23 Å². The van der Waals surface area contributed by atoms with Gasteiger partial charge in [0.2, 0.25) is 0 Å². The van der Waals surface area contributed by atoms with E-state index < -0.39 is 0 Å². The highest BCUT2D eigenvalue weighted by atomic mass is 79.9. The summed E-state index contributed by atoms with van der Waals surface area (Å²) in [6.45, 7) is 0. The van der Waals surface area contributed by atoms with Crippen molar-refractivity contribution in [2.45, 2.75) is 24.6 Å². The van der Waals surface area contributed by atoms with Gasteiger partial charge >= 0.3 is 0 Å². The van der Waals surface area contributed by atoms with E-state index in [0.29, 0.717) is 0 Å². The van der Waals surface area contributed by atoms with Gasteiger partial charge in [0.25, 0.3) is 0 Å². The first-order valence-corrected chi connectivity index (χ1v) is 8.01. The molecule has 0 saturated heterocycles. The van der Waals surface area contributed by atoms with Crippen LogP contribution in [0.25, 0.3) is 0 Å². The van der Waals surface area contributed by atoms with Crippen LogP contribution in [0.15, 0.2) is 40.9 Å². The number of fused-ring (bicyclic) bond motifs is 1. The maximum Gasteiger partial charge on any atom is 0.120 e. The molecule has 3 rings (SSSR count). The summed E-state index contributed by atoms with van der Waals surface area (Å²) in [5, 5.41) is -0.138. The van der Waals surface area contributed by atoms with E-state index in [0.717, 1.165) is 21.3 Å². The Hall–Kier alpha value is -0.990. The summed E-state index contributed by atoms with van der Waals surface area (Å²) in [4.78, 5) is 0. The van der Waals surface area contributed by atoms with Gasteiger partial charge in [-0.2, -0.15) is 0 Å². The highest BCUT2D eigenvalue weighted by Crippen LogP contribution is 2.37. The lowest BCUT2D eigenvalue weighted by Gasteiger charge is -2.14. The number of aryl methyl sites for hydroxylation is 2. The third kappa shape index (κ3) is 2.59. The van der Waals surface area contributed by atoms with Crippen LogP contribution < -0.4 is 4.74 Å². The average Bonchev–Trinajstić information content (AvgIpc) is 2.93. The first-order valence-electron chi connectivity index (χ1n) is 6.78. The highest BCUT2D eigenvalue weighted by molar-refractivity contribution is 9.10. The van der Waals surface area contributed by atoms with E-state index >= 15 is 0 Å². The molecule has 0 amide bonds. The summed E-state index contributed by atoms with van der Waals surface area (Å²) >= 11 is 10.2. The van der Waals surface area contributed by atoms with Gasteiger partial charge in [-0.25, -0.2) is 0 Å². The van der Waals surface area contributed by atoms with Crippen molar-refractivity contribution < 1.29 is 4.74 Å². The van der Waals surface area contributed by atoms with Gasteiger partial charge < -0.3 is 4.74 Å². The van der Waals surface area contributed by atoms with E-state index in [9.17, 15) is 0 Å². The normalized spacial score (nSPS) is 14.9. The van der Waals surface area contributed by atoms with E-state index in [-0.39, 0.29) is 5.38 Å². The fraction of sp³-hybridized carbons (Fsp3) is 0.294. The first-order chi connectivity index (χ1) is 9.69. The number of halogens is 2.